The SMILES string of the molecule is CCNC(=NCC1(CCO)CCOC1)NCCc1c(Cl)cccc1Cl. The first-order valence-corrected chi connectivity index (χ1v) is 9.49. The molecule has 5 nitrogen and oxygen atoms in total. The van der Waals surface area contributed by atoms with Gasteiger partial charge in [-0.15, -0.1) is 0 Å². The second kappa shape index (κ2) is 10.2. The highest BCUT2D eigenvalue weighted by Gasteiger charge is 2.34. The number of aliphatic hydroxyl groups is 1. The van der Waals surface area contributed by atoms with E-state index in [0.29, 0.717) is 42.6 Å². The van der Waals surface area contributed by atoms with Gasteiger partial charge in [-0.25, -0.2) is 0 Å². The van der Waals surface area contributed by atoms with Gasteiger partial charge in [-0.2, -0.15) is 0 Å². The number of aliphatic imine (C=N–C) groups is 1. The number of nitrogens with one attached hydrogen (secondary N) is 2. The number of rotatable bonds is 8. The molecular formula is C18H27Cl2N3O2. The average Bonchev–Trinajstić information content (AvgIpc) is 3.04. The molecule has 1 aliphatic heterocycles. The van der Waals surface area contributed by atoms with Crippen molar-refractivity contribution in [3.63, 3.8) is 0 Å². The molecule has 1 saturated heterocycles. The summed E-state index contributed by atoms with van der Waals surface area (Å²) in [6.45, 7) is 5.69. The number of ether oxygens (including phenoxy) is 1. The number of guanidine groups is 1. The number of aliphatic hydroxyl groups excluding tert-OH is 1. The van der Waals surface area contributed by atoms with Crippen LogP contribution in [-0.4, -0.2) is 50.5 Å². The monoisotopic (exact) mass is 387 g/mol. The van der Waals surface area contributed by atoms with E-state index in [-0.39, 0.29) is 12.0 Å². The van der Waals surface area contributed by atoms with Crippen molar-refractivity contribution in [2.75, 3.05) is 39.5 Å². The zero-order chi connectivity index (χ0) is 18.1. The quantitative estimate of drug-likeness (QED) is 0.473. The van der Waals surface area contributed by atoms with Gasteiger partial charge in [0.1, 0.15) is 0 Å². The Hall–Kier alpha value is -1.01. The molecule has 1 unspecified atom stereocenters. The number of hydrogen-bond acceptors (Lipinski definition) is 3. The number of hydrogen-bond donors (Lipinski definition) is 3. The predicted molar refractivity (Wildman–Crippen MR) is 104 cm³/mol. The maximum absolute atomic E-state index is 9.32. The molecule has 0 aliphatic carbocycles. The maximum Gasteiger partial charge on any atom is 0.191 e. The Bertz CT molecular complexity index is 555. The van der Waals surface area contributed by atoms with Crippen LogP contribution in [0.2, 0.25) is 10.0 Å². The van der Waals surface area contributed by atoms with E-state index in [2.05, 4.69) is 10.6 Å². The Labute approximate surface area is 159 Å². The lowest BCUT2D eigenvalue weighted by atomic mass is 9.84. The molecule has 0 bridgehead atoms. The van der Waals surface area contributed by atoms with Crippen LogP contribution in [0.5, 0.6) is 0 Å². The van der Waals surface area contributed by atoms with Crippen LogP contribution < -0.4 is 10.6 Å². The largest absolute Gasteiger partial charge is 0.396 e. The van der Waals surface area contributed by atoms with E-state index in [1.165, 1.54) is 0 Å². The van der Waals surface area contributed by atoms with Crippen LogP contribution in [0.3, 0.4) is 0 Å². The van der Waals surface area contributed by atoms with E-state index >= 15 is 0 Å². The van der Waals surface area contributed by atoms with Crippen molar-refractivity contribution in [3.05, 3.63) is 33.8 Å². The highest BCUT2D eigenvalue weighted by molar-refractivity contribution is 6.35. The topological polar surface area (TPSA) is 65.9 Å². The van der Waals surface area contributed by atoms with Gasteiger partial charge in [0.25, 0.3) is 0 Å². The zero-order valence-corrected chi connectivity index (χ0v) is 16.2. The molecule has 0 spiro atoms. The Balaban J connectivity index is 1.93. The van der Waals surface area contributed by atoms with E-state index < -0.39 is 0 Å². The summed E-state index contributed by atoms with van der Waals surface area (Å²) >= 11 is 12.4. The summed E-state index contributed by atoms with van der Waals surface area (Å²) in [5, 5.41) is 17.3. The Morgan fingerprint density at radius 2 is 2.08 bits per heavy atom. The van der Waals surface area contributed by atoms with Gasteiger partial charge in [-0.05, 0) is 43.9 Å². The first-order valence-electron chi connectivity index (χ1n) is 8.74. The Morgan fingerprint density at radius 1 is 1.32 bits per heavy atom. The van der Waals surface area contributed by atoms with Crippen LogP contribution >= 0.6 is 23.2 Å². The zero-order valence-electron chi connectivity index (χ0n) is 14.7. The number of benzene rings is 1. The molecule has 25 heavy (non-hydrogen) atoms. The third-order valence-corrected chi connectivity index (χ3v) is 5.18. The second-order valence-corrected chi connectivity index (χ2v) is 7.16. The van der Waals surface area contributed by atoms with Gasteiger partial charge in [0.2, 0.25) is 0 Å². The fourth-order valence-corrected chi connectivity index (χ4v) is 3.54. The van der Waals surface area contributed by atoms with Crippen molar-refractivity contribution in [1.29, 1.82) is 0 Å². The predicted octanol–water partition coefficient (Wildman–Crippen LogP) is 2.88. The van der Waals surface area contributed by atoms with Crippen LogP contribution in [0.1, 0.15) is 25.3 Å². The molecule has 1 aliphatic rings. The fourth-order valence-electron chi connectivity index (χ4n) is 2.95. The molecule has 1 aromatic rings. The Kier molecular flexibility index (Phi) is 8.30. The summed E-state index contributed by atoms with van der Waals surface area (Å²) in [7, 11) is 0. The molecule has 1 heterocycles. The molecule has 1 aromatic carbocycles. The highest BCUT2D eigenvalue weighted by atomic mass is 35.5. The third kappa shape index (κ3) is 6.03. The van der Waals surface area contributed by atoms with Gasteiger partial charge in [0.05, 0.1) is 13.2 Å². The van der Waals surface area contributed by atoms with Crippen molar-refractivity contribution in [1.82, 2.24) is 10.6 Å². The molecule has 7 heteroatoms. The average molecular weight is 388 g/mol. The highest BCUT2D eigenvalue weighted by Crippen LogP contribution is 2.32. The fraction of sp³-hybridized carbons (Fsp3) is 0.611. The van der Waals surface area contributed by atoms with Gasteiger partial charge < -0.3 is 20.5 Å². The standard InChI is InChI=1S/C18H27Cl2N3O2/c1-2-21-17(23-12-18(7-10-24)8-11-25-13-18)22-9-6-14-15(19)4-3-5-16(14)20/h3-5,24H,2,6-13H2,1H3,(H2,21,22,23). The van der Waals surface area contributed by atoms with Gasteiger partial charge in [0, 0.05) is 41.8 Å². The molecule has 3 N–H and O–H groups in total. The molecule has 0 saturated carbocycles. The lowest BCUT2D eigenvalue weighted by Crippen LogP contribution is -2.39. The minimum atomic E-state index is -0.0524. The van der Waals surface area contributed by atoms with Gasteiger partial charge in [-0.1, -0.05) is 29.3 Å². The number of halogens is 2. The van der Waals surface area contributed by atoms with E-state index in [4.69, 9.17) is 32.9 Å². The molecular weight excluding hydrogens is 361 g/mol. The number of nitrogens with zero attached hydrogens (tertiary/aromatic N) is 1. The van der Waals surface area contributed by atoms with Gasteiger partial charge >= 0.3 is 0 Å². The first kappa shape index (κ1) is 20.3. The van der Waals surface area contributed by atoms with Crippen molar-refractivity contribution in [2.45, 2.75) is 26.2 Å². The summed E-state index contributed by atoms with van der Waals surface area (Å²) < 4.78 is 5.52. The molecule has 0 radical (unpaired) electrons. The molecule has 140 valence electrons. The molecule has 1 fully saturated rings. The molecule has 0 amide bonds. The summed E-state index contributed by atoms with van der Waals surface area (Å²) in [5.74, 6) is 0.759. The molecule has 0 aromatic heterocycles. The van der Waals surface area contributed by atoms with E-state index in [1.807, 2.05) is 25.1 Å². The first-order chi connectivity index (χ1) is 12.1. The van der Waals surface area contributed by atoms with Crippen LogP contribution in [0.15, 0.2) is 23.2 Å². The van der Waals surface area contributed by atoms with E-state index in [0.717, 1.165) is 31.1 Å². The van der Waals surface area contributed by atoms with Gasteiger partial charge in [0.15, 0.2) is 5.96 Å². The third-order valence-electron chi connectivity index (χ3n) is 4.47. The maximum atomic E-state index is 9.32. The summed E-state index contributed by atoms with van der Waals surface area (Å²) in [5.41, 5.74) is 0.887. The normalized spacial score (nSPS) is 20.7. The van der Waals surface area contributed by atoms with Crippen LogP contribution in [0, 0.1) is 5.41 Å². The molecule has 2 rings (SSSR count). The summed E-state index contributed by atoms with van der Waals surface area (Å²) in [6, 6.07) is 5.54. The van der Waals surface area contributed by atoms with Gasteiger partial charge in [-0.3, -0.25) is 4.99 Å². The van der Waals surface area contributed by atoms with Crippen molar-refractivity contribution in [2.24, 2.45) is 10.4 Å². The lowest BCUT2D eigenvalue weighted by Gasteiger charge is -2.24. The summed E-state index contributed by atoms with van der Waals surface area (Å²) in [6.07, 6.45) is 2.37. The van der Waals surface area contributed by atoms with Crippen LogP contribution in [0.25, 0.3) is 0 Å². The summed E-state index contributed by atoms with van der Waals surface area (Å²) in [4.78, 5) is 4.70. The lowest BCUT2D eigenvalue weighted by molar-refractivity contribution is 0.131. The van der Waals surface area contributed by atoms with Crippen LogP contribution in [0.4, 0.5) is 0 Å². The molecule has 1 atom stereocenters. The Morgan fingerprint density at radius 3 is 2.68 bits per heavy atom. The van der Waals surface area contributed by atoms with Crippen molar-refractivity contribution < 1.29 is 9.84 Å². The smallest absolute Gasteiger partial charge is 0.191 e. The van der Waals surface area contributed by atoms with Crippen LogP contribution in [-0.2, 0) is 11.2 Å². The minimum Gasteiger partial charge on any atom is -0.396 e. The minimum absolute atomic E-state index is 0.0524. The van der Waals surface area contributed by atoms with E-state index in [9.17, 15) is 5.11 Å². The van der Waals surface area contributed by atoms with E-state index in [1.54, 1.807) is 0 Å². The van der Waals surface area contributed by atoms with Crippen molar-refractivity contribution >= 4 is 29.2 Å². The van der Waals surface area contributed by atoms with Crippen molar-refractivity contribution in [3.8, 4) is 0 Å². The second-order valence-electron chi connectivity index (χ2n) is 6.35.